The highest BCUT2D eigenvalue weighted by Crippen LogP contribution is 2.23. The molecule has 0 aromatic heterocycles. The molecule has 2 rings (SSSR count). The zero-order valence-electron chi connectivity index (χ0n) is 12.6. The third-order valence-corrected chi connectivity index (χ3v) is 4.05. The molecular formula is C16H26N2O. The Labute approximate surface area is 116 Å². The third-order valence-electron chi connectivity index (χ3n) is 4.05. The number of benzene rings is 1. The molecule has 1 fully saturated rings. The first-order chi connectivity index (χ1) is 9.10. The van der Waals surface area contributed by atoms with Crippen LogP contribution in [0.3, 0.4) is 0 Å². The molecule has 0 spiro atoms. The quantitative estimate of drug-likeness (QED) is 0.849. The lowest BCUT2D eigenvalue weighted by Crippen LogP contribution is -2.47. The second-order valence-electron chi connectivity index (χ2n) is 5.78. The average molecular weight is 262 g/mol. The maximum Gasteiger partial charge on any atom is 0.122 e. The first-order valence-corrected chi connectivity index (χ1v) is 7.13. The van der Waals surface area contributed by atoms with E-state index in [1.807, 2.05) is 0 Å². The van der Waals surface area contributed by atoms with Crippen LogP contribution in [-0.2, 0) is 6.42 Å². The summed E-state index contributed by atoms with van der Waals surface area (Å²) in [6.45, 7) is 9.00. The van der Waals surface area contributed by atoms with Crippen LogP contribution < -0.4 is 10.1 Å². The van der Waals surface area contributed by atoms with Crippen molar-refractivity contribution < 1.29 is 4.74 Å². The van der Waals surface area contributed by atoms with E-state index in [4.69, 9.17) is 4.74 Å². The Morgan fingerprint density at radius 2 is 2.00 bits per heavy atom. The van der Waals surface area contributed by atoms with Crippen LogP contribution in [0.5, 0.6) is 5.75 Å². The molecule has 1 aromatic rings. The van der Waals surface area contributed by atoms with Gasteiger partial charge in [0.15, 0.2) is 0 Å². The Kier molecular flexibility index (Phi) is 4.83. The van der Waals surface area contributed by atoms with Gasteiger partial charge in [-0.15, -0.1) is 0 Å². The van der Waals surface area contributed by atoms with Crippen LogP contribution in [0.1, 0.15) is 16.7 Å². The average Bonchev–Trinajstić information content (AvgIpc) is 2.34. The fraction of sp³-hybridized carbons (Fsp3) is 0.625. The van der Waals surface area contributed by atoms with Crippen molar-refractivity contribution in [3.8, 4) is 5.75 Å². The topological polar surface area (TPSA) is 24.5 Å². The van der Waals surface area contributed by atoms with E-state index in [9.17, 15) is 0 Å². The van der Waals surface area contributed by atoms with Gasteiger partial charge in [-0.25, -0.2) is 0 Å². The number of methoxy groups -OCH3 is 1. The van der Waals surface area contributed by atoms with Gasteiger partial charge in [-0.3, -0.25) is 0 Å². The molecule has 0 aliphatic carbocycles. The molecule has 0 amide bonds. The Balaban J connectivity index is 1.89. The van der Waals surface area contributed by atoms with Crippen LogP contribution in [0.2, 0.25) is 0 Å². The number of hydrogen-bond acceptors (Lipinski definition) is 3. The van der Waals surface area contributed by atoms with Crippen molar-refractivity contribution in [3.05, 3.63) is 28.8 Å². The highest BCUT2D eigenvalue weighted by molar-refractivity contribution is 5.41. The first kappa shape index (κ1) is 14.4. The summed E-state index contributed by atoms with van der Waals surface area (Å²) in [5.41, 5.74) is 4.01. The van der Waals surface area contributed by atoms with Crippen molar-refractivity contribution in [1.29, 1.82) is 0 Å². The van der Waals surface area contributed by atoms with Crippen LogP contribution in [-0.4, -0.2) is 45.2 Å². The molecule has 0 bridgehead atoms. The van der Waals surface area contributed by atoms with Gasteiger partial charge in [0.1, 0.15) is 5.75 Å². The summed E-state index contributed by atoms with van der Waals surface area (Å²) in [6.07, 6.45) is 1.12. The molecular weight excluding hydrogens is 236 g/mol. The maximum atomic E-state index is 5.36. The van der Waals surface area contributed by atoms with Crippen LogP contribution in [0, 0.1) is 19.8 Å². The van der Waals surface area contributed by atoms with Gasteiger partial charge >= 0.3 is 0 Å². The van der Waals surface area contributed by atoms with Crippen molar-refractivity contribution in [2.45, 2.75) is 20.3 Å². The van der Waals surface area contributed by atoms with E-state index >= 15 is 0 Å². The normalized spacial score (nSPS) is 15.6. The van der Waals surface area contributed by atoms with Crippen molar-refractivity contribution in [2.24, 2.45) is 5.92 Å². The maximum absolute atomic E-state index is 5.36. The van der Waals surface area contributed by atoms with Gasteiger partial charge in [0.05, 0.1) is 7.11 Å². The Morgan fingerprint density at radius 3 is 2.58 bits per heavy atom. The van der Waals surface area contributed by atoms with Crippen LogP contribution >= 0.6 is 0 Å². The molecule has 106 valence electrons. The number of rotatable bonds is 6. The minimum absolute atomic E-state index is 0.851. The fourth-order valence-corrected chi connectivity index (χ4v) is 2.66. The molecule has 1 aromatic carbocycles. The molecule has 0 unspecified atom stereocenters. The van der Waals surface area contributed by atoms with E-state index in [2.05, 4.69) is 43.2 Å². The van der Waals surface area contributed by atoms with Gasteiger partial charge in [-0.2, -0.15) is 0 Å². The summed E-state index contributed by atoms with van der Waals surface area (Å²) in [6, 6.07) is 4.42. The van der Waals surface area contributed by atoms with Gasteiger partial charge in [0.2, 0.25) is 0 Å². The van der Waals surface area contributed by atoms with Gasteiger partial charge in [-0.05, 0) is 56.0 Å². The van der Waals surface area contributed by atoms with Crippen molar-refractivity contribution in [1.82, 2.24) is 10.2 Å². The van der Waals surface area contributed by atoms with E-state index in [1.165, 1.54) is 36.3 Å². The first-order valence-electron chi connectivity index (χ1n) is 7.13. The van der Waals surface area contributed by atoms with E-state index < -0.39 is 0 Å². The molecule has 0 saturated carbocycles. The molecule has 1 N–H and O–H groups in total. The smallest absolute Gasteiger partial charge is 0.122 e. The highest BCUT2D eigenvalue weighted by Gasteiger charge is 2.18. The minimum atomic E-state index is 0.851. The fourth-order valence-electron chi connectivity index (χ4n) is 2.66. The van der Waals surface area contributed by atoms with Crippen LogP contribution in [0.15, 0.2) is 12.1 Å². The molecule has 3 heteroatoms. The lowest BCUT2D eigenvalue weighted by Gasteiger charge is -2.31. The molecule has 1 aliphatic heterocycles. The van der Waals surface area contributed by atoms with E-state index in [0.29, 0.717) is 0 Å². The summed E-state index contributed by atoms with van der Waals surface area (Å²) in [5, 5.41) is 3.33. The minimum Gasteiger partial charge on any atom is -0.496 e. The summed E-state index contributed by atoms with van der Waals surface area (Å²) in [4.78, 5) is 2.45. The SMILES string of the molecule is COc1cc(C)c(CCN(C)CC2CNC2)cc1C. The van der Waals surface area contributed by atoms with Crippen molar-refractivity contribution in [3.63, 3.8) is 0 Å². The number of hydrogen-bond donors (Lipinski definition) is 1. The summed E-state index contributed by atoms with van der Waals surface area (Å²) in [7, 11) is 3.96. The Hall–Kier alpha value is -1.06. The number of ether oxygens (including phenoxy) is 1. The monoisotopic (exact) mass is 262 g/mol. The lowest BCUT2D eigenvalue weighted by molar-refractivity contribution is 0.226. The predicted molar refractivity (Wildman–Crippen MR) is 80.0 cm³/mol. The zero-order chi connectivity index (χ0) is 13.8. The number of nitrogens with one attached hydrogen (secondary N) is 1. The second kappa shape index (κ2) is 6.40. The molecule has 1 aliphatic rings. The molecule has 19 heavy (non-hydrogen) atoms. The van der Waals surface area contributed by atoms with E-state index in [0.717, 1.165) is 24.6 Å². The molecule has 0 atom stereocenters. The predicted octanol–water partition coefficient (Wildman–Crippen LogP) is 2.01. The van der Waals surface area contributed by atoms with Gasteiger partial charge < -0.3 is 15.0 Å². The Morgan fingerprint density at radius 1 is 1.26 bits per heavy atom. The largest absolute Gasteiger partial charge is 0.496 e. The summed E-state index contributed by atoms with van der Waals surface area (Å²) < 4.78 is 5.36. The van der Waals surface area contributed by atoms with E-state index in [1.54, 1.807) is 7.11 Å². The molecule has 1 saturated heterocycles. The summed E-state index contributed by atoms with van der Waals surface area (Å²) in [5.74, 6) is 1.85. The van der Waals surface area contributed by atoms with Crippen molar-refractivity contribution in [2.75, 3.05) is 40.3 Å². The second-order valence-corrected chi connectivity index (χ2v) is 5.78. The standard InChI is InChI=1S/C16H26N2O/c1-12-8-16(19-4)13(2)7-15(12)5-6-18(3)11-14-9-17-10-14/h7-8,14,17H,5-6,9-11H2,1-4H3. The van der Waals surface area contributed by atoms with Crippen LogP contribution in [0.4, 0.5) is 0 Å². The number of aryl methyl sites for hydroxylation is 2. The van der Waals surface area contributed by atoms with Gasteiger partial charge in [0, 0.05) is 26.2 Å². The summed E-state index contributed by atoms with van der Waals surface area (Å²) >= 11 is 0. The molecule has 1 heterocycles. The Bertz CT molecular complexity index is 427. The molecule has 0 radical (unpaired) electrons. The van der Waals surface area contributed by atoms with Crippen molar-refractivity contribution >= 4 is 0 Å². The number of likely N-dealkylation sites (N-methyl/N-ethyl adjacent to an activating group) is 1. The highest BCUT2D eigenvalue weighted by atomic mass is 16.5. The van der Waals surface area contributed by atoms with E-state index in [-0.39, 0.29) is 0 Å². The molecule has 3 nitrogen and oxygen atoms in total. The third kappa shape index (κ3) is 3.71. The van der Waals surface area contributed by atoms with Gasteiger partial charge in [-0.1, -0.05) is 6.07 Å². The zero-order valence-corrected chi connectivity index (χ0v) is 12.6. The van der Waals surface area contributed by atoms with Gasteiger partial charge in [0.25, 0.3) is 0 Å². The number of nitrogens with zero attached hydrogens (tertiary/aromatic N) is 1. The van der Waals surface area contributed by atoms with Crippen LogP contribution in [0.25, 0.3) is 0 Å². The lowest BCUT2D eigenvalue weighted by atomic mass is 10.0.